The molecule has 0 bridgehead atoms. The molecule has 0 spiro atoms. The van der Waals surface area contributed by atoms with E-state index in [4.69, 9.17) is 5.11 Å². The fourth-order valence-corrected chi connectivity index (χ4v) is 1.85. The molecule has 3 heteroatoms. The van der Waals surface area contributed by atoms with Gasteiger partial charge in [-0.2, -0.15) is 0 Å². The van der Waals surface area contributed by atoms with Crippen molar-refractivity contribution in [3.8, 4) is 0 Å². The third-order valence-corrected chi connectivity index (χ3v) is 2.78. The van der Waals surface area contributed by atoms with E-state index >= 15 is 0 Å². The van der Waals surface area contributed by atoms with Crippen LogP contribution in [0.25, 0.3) is 0 Å². The maximum absolute atomic E-state index is 9.08. The molecule has 0 aromatic heterocycles. The Morgan fingerprint density at radius 1 is 1.29 bits per heavy atom. The largest absolute Gasteiger partial charge is 0.395 e. The van der Waals surface area contributed by atoms with E-state index in [-0.39, 0.29) is 6.61 Å². The Morgan fingerprint density at radius 2 is 2.00 bits per heavy atom. The quantitative estimate of drug-likeness (QED) is 0.760. The summed E-state index contributed by atoms with van der Waals surface area (Å²) in [6.07, 6.45) is 0. The van der Waals surface area contributed by atoms with E-state index in [1.807, 2.05) is 6.07 Å². The summed E-state index contributed by atoms with van der Waals surface area (Å²) in [6.45, 7) is 9.08. The Hall–Kier alpha value is -1.06. The number of nitrogens with one attached hydrogen (secondary N) is 1. The van der Waals surface area contributed by atoms with Gasteiger partial charge in [0.15, 0.2) is 0 Å². The van der Waals surface area contributed by atoms with Crippen LogP contribution in [0.4, 0.5) is 5.69 Å². The Bertz CT molecular complexity index is 326. The summed E-state index contributed by atoms with van der Waals surface area (Å²) in [6, 6.07) is 8.86. The Labute approximate surface area is 104 Å². The SMILES string of the molecule is CCN(CCO)c1ccccc1CNC(C)C. The van der Waals surface area contributed by atoms with Crippen molar-refractivity contribution in [3.63, 3.8) is 0 Å². The number of hydrogen-bond acceptors (Lipinski definition) is 3. The van der Waals surface area contributed by atoms with Gasteiger partial charge in [0.25, 0.3) is 0 Å². The zero-order valence-electron chi connectivity index (χ0n) is 11.1. The van der Waals surface area contributed by atoms with Crippen LogP contribution in [-0.2, 0) is 6.54 Å². The van der Waals surface area contributed by atoms with Crippen LogP contribution in [0.3, 0.4) is 0 Å². The highest BCUT2D eigenvalue weighted by Gasteiger charge is 2.08. The molecular weight excluding hydrogens is 212 g/mol. The fraction of sp³-hybridized carbons (Fsp3) is 0.571. The molecule has 0 saturated carbocycles. The summed E-state index contributed by atoms with van der Waals surface area (Å²) in [5.41, 5.74) is 2.51. The average molecular weight is 236 g/mol. The highest BCUT2D eigenvalue weighted by molar-refractivity contribution is 5.53. The molecule has 2 N–H and O–H groups in total. The molecule has 0 saturated heterocycles. The van der Waals surface area contributed by atoms with Gasteiger partial charge < -0.3 is 15.3 Å². The Balaban J connectivity index is 2.81. The molecule has 0 heterocycles. The van der Waals surface area contributed by atoms with E-state index in [0.717, 1.165) is 13.1 Å². The molecule has 0 amide bonds. The molecule has 17 heavy (non-hydrogen) atoms. The number of hydrogen-bond donors (Lipinski definition) is 2. The molecule has 3 nitrogen and oxygen atoms in total. The van der Waals surface area contributed by atoms with Crippen LogP contribution in [0, 0.1) is 0 Å². The second kappa shape index (κ2) is 7.30. The standard InChI is InChI=1S/C14H24N2O/c1-4-16(9-10-17)14-8-6-5-7-13(14)11-15-12(2)3/h5-8,12,15,17H,4,9-11H2,1-3H3. The molecule has 1 aromatic rings. The minimum Gasteiger partial charge on any atom is -0.395 e. The highest BCUT2D eigenvalue weighted by atomic mass is 16.3. The summed E-state index contributed by atoms with van der Waals surface area (Å²) >= 11 is 0. The van der Waals surface area contributed by atoms with Gasteiger partial charge in [-0.1, -0.05) is 32.0 Å². The summed E-state index contributed by atoms with van der Waals surface area (Å²) in [7, 11) is 0. The molecule has 0 aliphatic carbocycles. The zero-order valence-corrected chi connectivity index (χ0v) is 11.1. The van der Waals surface area contributed by atoms with Gasteiger partial charge in [-0.25, -0.2) is 0 Å². The van der Waals surface area contributed by atoms with Crippen LogP contribution in [0.1, 0.15) is 26.3 Å². The van der Waals surface area contributed by atoms with Crippen molar-refractivity contribution in [3.05, 3.63) is 29.8 Å². The molecule has 0 aliphatic rings. The van der Waals surface area contributed by atoms with Crippen LogP contribution in [0.15, 0.2) is 24.3 Å². The minimum atomic E-state index is 0.194. The van der Waals surface area contributed by atoms with Crippen LogP contribution < -0.4 is 10.2 Å². The lowest BCUT2D eigenvalue weighted by Crippen LogP contribution is -2.29. The molecule has 0 aliphatic heterocycles. The van der Waals surface area contributed by atoms with Gasteiger partial charge in [-0.15, -0.1) is 0 Å². The zero-order chi connectivity index (χ0) is 12.7. The van der Waals surface area contributed by atoms with E-state index < -0.39 is 0 Å². The van der Waals surface area contributed by atoms with Crippen LogP contribution in [0.5, 0.6) is 0 Å². The first-order chi connectivity index (χ1) is 8.19. The highest BCUT2D eigenvalue weighted by Crippen LogP contribution is 2.19. The van der Waals surface area contributed by atoms with Crippen molar-refractivity contribution >= 4 is 5.69 Å². The molecule has 0 fully saturated rings. The first-order valence-electron chi connectivity index (χ1n) is 6.36. The molecule has 0 radical (unpaired) electrons. The average Bonchev–Trinajstić information content (AvgIpc) is 2.34. The van der Waals surface area contributed by atoms with Crippen molar-refractivity contribution in [1.82, 2.24) is 5.32 Å². The van der Waals surface area contributed by atoms with Gasteiger partial charge >= 0.3 is 0 Å². The number of rotatable bonds is 7. The lowest BCUT2D eigenvalue weighted by atomic mass is 10.1. The Morgan fingerprint density at radius 3 is 2.59 bits per heavy atom. The lowest BCUT2D eigenvalue weighted by molar-refractivity contribution is 0.302. The Kier molecular flexibility index (Phi) is 6.01. The van der Waals surface area contributed by atoms with E-state index in [1.54, 1.807) is 0 Å². The lowest BCUT2D eigenvalue weighted by Gasteiger charge is -2.25. The van der Waals surface area contributed by atoms with Crippen molar-refractivity contribution in [2.45, 2.75) is 33.4 Å². The molecular formula is C14H24N2O. The summed E-state index contributed by atoms with van der Waals surface area (Å²) in [4.78, 5) is 2.21. The maximum atomic E-state index is 9.08. The van der Waals surface area contributed by atoms with Gasteiger partial charge in [-0.3, -0.25) is 0 Å². The first-order valence-corrected chi connectivity index (χ1v) is 6.36. The predicted octanol–water partition coefficient (Wildman–Crippen LogP) is 2.00. The van der Waals surface area contributed by atoms with E-state index in [1.165, 1.54) is 11.3 Å². The topological polar surface area (TPSA) is 35.5 Å². The van der Waals surface area contributed by atoms with Gasteiger partial charge in [0.2, 0.25) is 0 Å². The van der Waals surface area contributed by atoms with Crippen molar-refractivity contribution < 1.29 is 5.11 Å². The number of aliphatic hydroxyl groups is 1. The third kappa shape index (κ3) is 4.36. The number of aliphatic hydroxyl groups excluding tert-OH is 1. The summed E-state index contributed by atoms with van der Waals surface area (Å²) in [5.74, 6) is 0. The van der Waals surface area contributed by atoms with Crippen LogP contribution in [-0.4, -0.2) is 30.8 Å². The van der Waals surface area contributed by atoms with E-state index in [9.17, 15) is 0 Å². The summed E-state index contributed by atoms with van der Waals surface area (Å²) in [5, 5.41) is 12.5. The maximum Gasteiger partial charge on any atom is 0.0606 e. The summed E-state index contributed by atoms with van der Waals surface area (Å²) < 4.78 is 0. The molecule has 0 atom stereocenters. The number of nitrogens with zero attached hydrogens (tertiary/aromatic N) is 1. The molecule has 1 aromatic carbocycles. The smallest absolute Gasteiger partial charge is 0.0606 e. The van der Waals surface area contributed by atoms with Crippen molar-refractivity contribution in [2.75, 3.05) is 24.6 Å². The number of para-hydroxylation sites is 1. The predicted molar refractivity (Wildman–Crippen MR) is 73.4 cm³/mol. The number of anilines is 1. The first kappa shape index (κ1) is 14.0. The second-order valence-electron chi connectivity index (χ2n) is 4.47. The van der Waals surface area contributed by atoms with Crippen molar-refractivity contribution in [2.24, 2.45) is 0 Å². The number of likely N-dealkylation sites (N-methyl/N-ethyl adjacent to an activating group) is 1. The minimum absolute atomic E-state index is 0.194. The fourth-order valence-electron chi connectivity index (χ4n) is 1.85. The van der Waals surface area contributed by atoms with Gasteiger partial charge in [0.05, 0.1) is 6.61 Å². The van der Waals surface area contributed by atoms with E-state index in [0.29, 0.717) is 12.6 Å². The van der Waals surface area contributed by atoms with Gasteiger partial charge in [0.1, 0.15) is 0 Å². The van der Waals surface area contributed by atoms with Gasteiger partial charge in [-0.05, 0) is 18.6 Å². The van der Waals surface area contributed by atoms with Gasteiger partial charge in [0, 0.05) is 31.4 Å². The third-order valence-electron chi connectivity index (χ3n) is 2.78. The van der Waals surface area contributed by atoms with Crippen LogP contribution >= 0.6 is 0 Å². The monoisotopic (exact) mass is 236 g/mol. The molecule has 0 unspecified atom stereocenters. The van der Waals surface area contributed by atoms with Crippen LogP contribution in [0.2, 0.25) is 0 Å². The number of benzene rings is 1. The molecule has 96 valence electrons. The second-order valence-corrected chi connectivity index (χ2v) is 4.47. The molecule has 1 rings (SSSR count). The van der Waals surface area contributed by atoms with E-state index in [2.05, 4.69) is 49.2 Å². The normalized spacial score (nSPS) is 10.9. The van der Waals surface area contributed by atoms with Crippen molar-refractivity contribution in [1.29, 1.82) is 0 Å².